The van der Waals surface area contributed by atoms with Crippen LogP contribution in [0.15, 0.2) is 30.3 Å². The standard InChI is InChI=1S/C14H16O3/c1-17-14(16)12-8-7-11(15)9-13(12)10-5-3-2-4-6-10/h2-6,12-13H,7-9H2,1H3/t12-,13+/m0/s1. The zero-order valence-electron chi connectivity index (χ0n) is 9.89. The molecule has 0 amide bonds. The van der Waals surface area contributed by atoms with Crippen LogP contribution in [-0.2, 0) is 14.3 Å². The van der Waals surface area contributed by atoms with Gasteiger partial charge in [0.15, 0.2) is 0 Å². The summed E-state index contributed by atoms with van der Waals surface area (Å²) in [4.78, 5) is 23.3. The zero-order chi connectivity index (χ0) is 12.3. The maximum absolute atomic E-state index is 11.7. The third kappa shape index (κ3) is 2.54. The van der Waals surface area contributed by atoms with Crippen LogP contribution >= 0.6 is 0 Å². The molecule has 0 N–H and O–H groups in total. The van der Waals surface area contributed by atoms with Crippen molar-refractivity contribution in [1.29, 1.82) is 0 Å². The molecule has 1 aromatic carbocycles. The molecule has 1 fully saturated rings. The van der Waals surface area contributed by atoms with Crippen LogP contribution in [0.25, 0.3) is 0 Å². The number of Topliss-reactive ketones (excluding diaryl/α,β-unsaturated/α-hetero) is 1. The van der Waals surface area contributed by atoms with Gasteiger partial charge in [0.1, 0.15) is 5.78 Å². The Morgan fingerprint density at radius 3 is 2.65 bits per heavy atom. The van der Waals surface area contributed by atoms with Crippen molar-refractivity contribution in [3.05, 3.63) is 35.9 Å². The molecule has 90 valence electrons. The third-order valence-corrected chi connectivity index (χ3v) is 3.40. The second kappa shape index (κ2) is 5.13. The Bertz CT molecular complexity index is 411. The van der Waals surface area contributed by atoms with Crippen LogP contribution in [0, 0.1) is 5.92 Å². The normalized spacial score (nSPS) is 24.4. The molecule has 1 aromatic rings. The first-order valence-corrected chi connectivity index (χ1v) is 5.87. The van der Waals surface area contributed by atoms with Crippen LogP contribution in [0.5, 0.6) is 0 Å². The highest BCUT2D eigenvalue weighted by Gasteiger charge is 2.35. The van der Waals surface area contributed by atoms with Crippen molar-refractivity contribution >= 4 is 11.8 Å². The lowest BCUT2D eigenvalue weighted by atomic mass is 9.75. The van der Waals surface area contributed by atoms with Crippen LogP contribution in [0.4, 0.5) is 0 Å². The minimum atomic E-state index is -0.202. The highest BCUT2D eigenvalue weighted by atomic mass is 16.5. The van der Waals surface area contributed by atoms with Crippen molar-refractivity contribution in [2.24, 2.45) is 5.92 Å². The highest BCUT2D eigenvalue weighted by molar-refractivity contribution is 5.84. The van der Waals surface area contributed by atoms with Crippen molar-refractivity contribution in [3.8, 4) is 0 Å². The Kier molecular flexibility index (Phi) is 3.57. The second-order valence-electron chi connectivity index (χ2n) is 4.43. The molecule has 0 aromatic heterocycles. The predicted molar refractivity (Wildman–Crippen MR) is 63.5 cm³/mol. The fraction of sp³-hybridized carbons (Fsp3) is 0.429. The van der Waals surface area contributed by atoms with Crippen molar-refractivity contribution in [3.63, 3.8) is 0 Å². The quantitative estimate of drug-likeness (QED) is 0.735. The molecule has 0 unspecified atom stereocenters. The van der Waals surface area contributed by atoms with Gasteiger partial charge >= 0.3 is 5.97 Å². The average molecular weight is 232 g/mol. The van der Waals surface area contributed by atoms with Gasteiger partial charge in [-0.1, -0.05) is 30.3 Å². The molecule has 0 radical (unpaired) electrons. The van der Waals surface area contributed by atoms with E-state index in [1.165, 1.54) is 7.11 Å². The molecule has 1 aliphatic rings. The number of hydrogen-bond donors (Lipinski definition) is 0. The number of benzene rings is 1. The number of ether oxygens (including phenoxy) is 1. The molecule has 2 atom stereocenters. The highest BCUT2D eigenvalue weighted by Crippen LogP contribution is 2.36. The smallest absolute Gasteiger partial charge is 0.309 e. The van der Waals surface area contributed by atoms with Gasteiger partial charge in [0, 0.05) is 18.8 Å². The largest absolute Gasteiger partial charge is 0.469 e. The van der Waals surface area contributed by atoms with Crippen molar-refractivity contribution < 1.29 is 14.3 Å². The topological polar surface area (TPSA) is 43.4 Å². The van der Waals surface area contributed by atoms with Crippen LogP contribution in [0.2, 0.25) is 0 Å². The fourth-order valence-electron chi connectivity index (χ4n) is 2.49. The number of hydrogen-bond acceptors (Lipinski definition) is 3. The number of ketones is 1. The van der Waals surface area contributed by atoms with Gasteiger partial charge in [0.2, 0.25) is 0 Å². The Morgan fingerprint density at radius 2 is 2.00 bits per heavy atom. The molecular weight excluding hydrogens is 216 g/mol. The average Bonchev–Trinajstić information content (AvgIpc) is 2.39. The summed E-state index contributed by atoms with van der Waals surface area (Å²) in [6, 6.07) is 9.74. The molecule has 1 aliphatic carbocycles. The minimum Gasteiger partial charge on any atom is -0.469 e. The van der Waals surface area contributed by atoms with E-state index >= 15 is 0 Å². The molecule has 17 heavy (non-hydrogen) atoms. The summed E-state index contributed by atoms with van der Waals surface area (Å²) in [5.74, 6) is -0.171. The summed E-state index contributed by atoms with van der Waals surface area (Å²) >= 11 is 0. The lowest BCUT2D eigenvalue weighted by Crippen LogP contribution is -2.30. The molecule has 0 spiro atoms. The SMILES string of the molecule is COC(=O)[C@H]1CCC(=O)C[C@@H]1c1ccccc1. The van der Waals surface area contributed by atoms with Crippen LogP contribution in [0.1, 0.15) is 30.7 Å². The maximum Gasteiger partial charge on any atom is 0.309 e. The summed E-state index contributed by atoms with van der Waals surface area (Å²) in [5, 5.41) is 0. The first-order chi connectivity index (χ1) is 8.22. The van der Waals surface area contributed by atoms with Gasteiger partial charge in [-0.3, -0.25) is 9.59 Å². The molecule has 3 nitrogen and oxygen atoms in total. The van der Waals surface area contributed by atoms with Crippen molar-refractivity contribution in [2.45, 2.75) is 25.2 Å². The van der Waals surface area contributed by atoms with Gasteiger partial charge in [-0.2, -0.15) is 0 Å². The van der Waals surface area contributed by atoms with E-state index in [1.807, 2.05) is 30.3 Å². The Hall–Kier alpha value is -1.64. The monoisotopic (exact) mass is 232 g/mol. The maximum atomic E-state index is 11.7. The van der Waals surface area contributed by atoms with Crippen molar-refractivity contribution in [1.82, 2.24) is 0 Å². The fourth-order valence-corrected chi connectivity index (χ4v) is 2.49. The van der Waals surface area contributed by atoms with Gasteiger partial charge in [0.25, 0.3) is 0 Å². The number of carbonyl (C=O) groups is 2. The second-order valence-corrected chi connectivity index (χ2v) is 4.43. The number of methoxy groups -OCH3 is 1. The number of carbonyl (C=O) groups excluding carboxylic acids is 2. The molecule has 0 saturated heterocycles. The van der Waals surface area contributed by atoms with Crippen LogP contribution < -0.4 is 0 Å². The van der Waals surface area contributed by atoms with Gasteiger partial charge < -0.3 is 4.74 Å². The molecule has 0 aliphatic heterocycles. The van der Waals surface area contributed by atoms with Gasteiger partial charge in [0.05, 0.1) is 13.0 Å². The van der Waals surface area contributed by atoms with E-state index in [-0.39, 0.29) is 23.6 Å². The summed E-state index contributed by atoms with van der Waals surface area (Å²) in [6.45, 7) is 0. The van der Waals surface area contributed by atoms with Crippen molar-refractivity contribution in [2.75, 3.05) is 7.11 Å². The van der Waals surface area contributed by atoms with Gasteiger partial charge in [-0.05, 0) is 12.0 Å². The van der Waals surface area contributed by atoms with Gasteiger partial charge in [-0.25, -0.2) is 0 Å². The van der Waals surface area contributed by atoms with E-state index in [2.05, 4.69) is 0 Å². The van der Waals surface area contributed by atoms with Gasteiger partial charge in [-0.15, -0.1) is 0 Å². The van der Waals surface area contributed by atoms with E-state index in [0.717, 1.165) is 5.56 Å². The Balaban J connectivity index is 2.26. The van der Waals surface area contributed by atoms with E-state index in [9.17, 15) is 9.59 Å². The molecule has 3 heteroatoms. The van der Waals surface area contributed by atoms with E-state index < -0.39 is 0 Å². The first-order valence-electron chi connectivity index (χ1n) is 5.87. The molecule has 0 bridgehead atoms. The van der Waals surface area contributed by atoms with Crippen LogP contribution in [0.3, 0.4) is 0 Å². The summed E-state index contributed by atoms with van der Waals surface area (Å²) in [7, 11) is 1.40. The summed E-state index contributed by atoms with van der Waals surface area (Å²) in [6.07, 6.45) is 1.54. The van der Waals surface area contributed by atoms with E-state index in [0.29, 0.717) is 19.3 Å². The predicted octanol–water partition coefficient (Wildman–Crippen LogP) is 2.31. The number of rotatable bonds is 2. The Morgan fingerprint density at radius 1 is 1.29 bits per heavy atom. The third-order valence-electron chi connectivity index (χ3n) is 3.40. The van der Waals surface area contributed by atoms with E-state index in [1.54, 1.807) is 0 Å². The Labute approximate surface area is 101 Å². The van der Waals surface area contributed by atoms with Crippen LogP contribution in [-0.4, -0.2) is 18.9 Å². The zero-order valence-corrected chi connectivity index (χ0v) is 9.89. The molecule has 1 saturated carbocycles. The summed E-state index contributed by atoms with van der Waals surface area (Å²) in [5.41, 5.74) is 1.05. The number of esters is 1. The lowest BCUT2D eigenvalue weighted by Gasteiger charge is -2.29. The lowest BCUT2D eigenvalue weighted by molar-refractivity contribution is -0.147. The first kappa shape index (κ1) is 11.8. The molecular formula is C14H16O3. The molecule has 0 heterocycles. The summed E-state index contributed by atoms with van der Waals surface area (Å²) < 4.78 is 4.83. The minimum absolute atomic E-state index is 0.0232. The van der Waals surface area contributed by atoms with E-state index in [4.69, 9.17) is 4.74 Å². The molecule has 2 rings (SSSR count).